The number of carbonyl (C=O) groups excluding carboxylic acids is 1. The molecule has 0 fully saturated rings. The van der Waals surface area contributed by atoms with Gasteiger partial charge in [-0.15, -0.1) is 0 Å². The standard InChI is InChI=1S/C10H11N3O/c1-7-6-12-4-3-9(7)10(14)13-8(2)5-11/h3-4,6,8H,1-2H3,(H,13,14). The Kier molecular flexibility index (Phi) is 3.19. The van der Waals surface area contributed by atoms with Crippen molar-refractivity contribution in [2.24, 2.45) is 0 Å². The maximum Gasteiger partial charge on any atom is 0.252 e. The van der Waals surface area contributed by atoms with E-state index < -0.39 is 6.04 Å². The molecule has 0 aliphatic rings. The van der Waals surface area contributed by atoms with Crippen LogP contribution in [-0.2, 0) is 0 Å². The molecule has 14 heavy (non-hydrogen) atoms. The molecule has 0 saturated carbocycles. The zero-order valence-corrected chi connectivity index (χ0v) is 8.11. The number of nitriles is 1. The fourth-order valence-corrected chi connectivity index (χ4v) is 1.03. The van der Waals surface area contributed by atoms with Crippen LogP contribution >= 0.6 is 0 Å². The van der Waals surface area contributed by atoms with E-state index in [1.54, 1.807) is 32.3 Å². The highest BCUT2D eigenvalue weighted by Crippen LogP contribution is 2.04. The molecule has 0 aliphatic carbocycles. The first-order valence-electron chi connectivity index (χ1n) is 4.26. The van der Waals surface area contributed by atoms with Crippen LogP contribution in [0.15, 0.2) is 18.5 Å². The third-order valence-electron chi connectivity index (χ3n) is 1.81. The largest absolute Gasteiger partial charge is 0.337 e. The Morgan fingerprint density at radius 3 is 3.00 bits per heavy atom. The lowest BCUT2D eigenvalue weighted by molar-refractivity contribution is 0.0947. The smallest absolute Gasteiger partial charge is 0.252 e. The summed E-state index contributed by atoms with van der Waals surface area (Å²) < 4.78 is 0. The van der Waals surface area contributed by atoms with E-state index in [-0.39, 0.29) is 5.91 Å². The Hall–Kier alpha value is -1.89. The number of hydrogen-bond donors (Lipinski definition) is 1. The first-order valence-corrected chi connectivity index (χ1v) is 4.26. The monoisotopic (exact) mass is 189 g/mol. The molecule has 4 nitrogen and oxygen atoms in total. The molecule has 1 heterocycles. The molecule has 1 aromatic rings. The minimum absolute atomic E-state index is 0.237. The predicted molar refractivity (Wildman–Crippen MR) is 51.5 cm³/mol. The quantitative estimate of drug-likeness (QED) is 0.755. The maximum absolute atomic E-state index is 11.5. The second-order valence-electron chi connectivity index (χ2n) is 3.01. The molecule has 1 amide bonds. The molecule has 0 aromatic carbocycles. The fraction of sp³-hybridized carbons (Fsp3) is 0.300. The first-order chi connectivity index (χ1) is 6.65. The number of carbonyl (C=O) groups is 1. The number of nitrogens with zero attached hydrogens (tertiary/aromatic N) is 2. The Bertz CT molecular complexity index is 381. The van der Waals surface area contributed by atoms with Crippen molar-refractivity contribution in [3.05, 3.63) is 29.6 Å². The van der Waals surface area contributed by atoms with E-state index in [2.05, 4.69) is 10.3 Å². The summed E-state index contributed by atoms with van der Waals surface area (Å²) in [5.74, 6) is -0.237. The summed E-state index contributed by atoms with van der Waals surface area (Å²) in [7, 11) is 0. The molecule has 0 spiro atoms. The predicted octanol–water partition coefficient (Wildman–Crippen LogP) is 1.03. The van der Waals surface area contributed by atoms with Crippen LogP contribution in [0.1, 0.15) is 22.8 Å². The first kappa shape index (κ1) is 10.2. The van der Waals surface area contributed by atoms with Gasteiger partial charge in [0.05, 0.1) is 6.07 Å². The summed E-state index contributed by atoms with van der Waals surface area (Å²) in [6.07, 6.45) is 3.17. The maximum atomic E-state index is 11.5. The van der Waals surface area contributed by atoms with Crippen LogP contribution in [-0.4, -0.2) is 16.9 Å². The highest BCUT2D eigenvalue weighted by atomic mass is 16.1. The van der Waals surface area contributed by atoms with Crippen LogP contribution in [0.2, 0.25) is 0 Å². The van der Waals surface area contributed by atoms with Crippen molar-refractivity contribution in [3.63, 3.8) is 0 Å². The van der Waals surface area contributed by atoms with Gasteiger partial charge in [-0.2, -0.15) is 5.26 Å². The van der Waals surface area contributed by atoms with E-state index in [4.69, 9.17) is 5.26 Å². The minimum atomic E-state index is -0.477. The third-order valence-corrected chi connectivity index (χ3v) is 1.81. The van der Waals surface area contributed by atoms with E-state index in [9.17, 15) is 4.79 Å². The lowest BCUT2D eigenvalue weighted by Crippen LogP contribution is -2.31. The number of aryl methyl sites for hydroxylation is 1. The van der Waals surface area contributed by atoms with E-state index in [0.717, 1.165) is 5.56 Å². The van der Waals surface area contributed by atoms with Crippen molar-refractivity contribution in [2.45, 2.75) is 19.9 Å². The Labute approximate surface area is 82.6 Å². The molecule has 72 valence electrons. The van der Waals surface area contributed by atoms with Gasteiger partial charge in [0, 0.05) is 18.0 Å². The van der Waals surface area contributed by atoms with E-state index in [0.29, 0.717) is 5.56 Å². The van der Waals surface area contributed by atoms with Crippen molar-refractivity contribution in [3.8, 4) is 6.07 Å². The molecular formula is C10H11N3O. The van der Waals surface area contributed by atoms with Crippen LogP contribution in [0, 0.1) is 18.3 Å². The molecule has 0 saturated heterocycles. The molecular weight excluding hydrogens is 178 g/mol. The Morgan fingerprint density at radius 1 is 1.71 bits per heavy atom. The van der Waals surface area contributed by atoms with Crippen molar-refractivity contribution >= 4 is 5.91 Å². The summed E-state index contributed by atoms with van der Waals surface area (Å²) in [5, 5.41) is 11.1. The normalized spacial score (nSPS) is 11.5. The molecule has 1 aromatic heterocycles. The van der Waals surface area contributed by atoms with Gasteiger partial charge in [0.25, 0.3) is 5.91 Å². The molecule has 0 radical (unpaired) electrons. The average molecular weight is 189 g/mol. The molecule has 4 heteroatoms. The minimum Gasteiger partial charge on any atom is -0.337 e. The van der Waals surface area contributed by atoms with Gasteiger partial charge < -0.3 is 5.32 Å². The van der Waals surface area contributed by atoms with Gasteiger partial charge >= 0.3 is 0 Å². The van der Waals surface area contributed by atoms with Crippen LogP contribution in [0.5, 0.6) is 0 Å². The zero-order chi connectivity index (χ0) is 10.6. The van der Waals surface area contributed by atoms with E-state index in [1.165, 1.54) is 0 Å². The molecule has 1 N–H and O–H groups in total. The molecule has 1 rings (SSSR count). The average Bonchev–Trinajstić information content (AvgIpc) is 2.18. The van der Waals surface area contributed by atoms with Crippen LogP contribution in [0.3, 0.4) is 0 Å². The van der Waals surface area contributed by atoms with Crippen molar-refractivity contribution in [1.82, 2.24) is 10.3 Å². The van der Waals surface area contributed by atoms with Crippen LogP contribution < -0.4 is 5.32 Å². The number of nitrogens with one attached hydrogen (secondary N) is 1. The topological polar surface area (TPSA) is 65.8 Å². The zero-order valence-electron chi connectivity index (χ0n) is 8.11. The second-order valence-corrected chi connectivity index (χ2v) is 3.01. The van der Waals surface area contributed by atoms with Crippen LogP contribution in [0.4, 0.5) is 0 Å². The van der Waals surface area contributed by atoms with Gasteiger partial charge in [-0.1, -0.05) is 0 Å². The summed E-state index contributed by atoms with van der Waals surface area (Å²) >= 11 is 0. The summed E-state index contributed by atoms with van der Waals surface area (Å²) in [6.45, 7) is 3.44. The van der Waals surface area contributed by atoms with Gasteiger partial charge in [-0.25, -0.2) is 0 Å². The summed E-state index contributed by atoms with van der Waals surface area (Å²) in [6, 6.07) is 3.09. The lowest BCUT2D eigenvalue weighted by Gasteiger charge is -2.07. The third kappa shape index (κ3) is 2.30. The highest BCUT2D eigenvalue weighted by Gasteiger charge is 2.10. The van der Waals surface area contributed by atoms with Crippen molar-refractivity contribution in [2.75, 3.05) is 0 Å². The second kappa shape index (κ2) is 4.38. The number of aromatic nitrogens is 1. The lowest BCUT2D eigenvalue weighted by atomic mass is 10.1. The number of pyridine rings is 1. The van der Waals surface area contributed by atoms with Crippen molar-refractivity contribution in [1.29, 1.82) is 5.26 Å². The van der Waals surface area contributed by atoms with Gasteiger partial charge in [-0.05, 0) is 25.5 Å². The highest BCUT2D eigenvalue weighted by molar-refractivity contribution is 5.95. The Morgan fingerprint density at radius 2 is 2.43 bits per heavy atom. The van der Waals surface area contributed by atoms with E-state index >= 15 is 0 Å². The molecule has 1 atom stereocenters. The van der Waals surface area contributed by atoms with E-state index in [1.807, 2.05) is 6.07 Å². The fourth-order valence-electron chi connectivity index (χ4n) is 1.03. The van der Waals surface area contributed by atoms with Gasteiger partial charge in [-0.3, -0.25) is 9.78 Å². The van der Waals surface area contributed by atoms with Gasteiger partial charge in [0.2, 0.25) is 0 Å². The molecule has 0 bridgehead atoms. The van der Waals surface area contributed by atoms with Gasteiger partial charge in [0.1, 0.15) is 6.04 Å². The van der Waals surface area contributed by atoms with Crippen molar-refractivity contribution < 1.29 is 4.79 Å². The van der Waals surface area contributed by atoms with Gasteiger partial charge in [0.15, 0.2) is 0 Å². The SMILES string of the molecule is Cc1cnccc1C(=O)NC(C)C#N. The molecule has 0 aliphatic heterocycles. The summed E-state index contributed by atoms with van der Waals surface area (Å²) in [5.41, 5.74) is 1.36. The molecule has 1 unspecified atom stereocenters. The number of rotatable bonds is 2. The van der Waals surface area contributed by atoms with Crippen LogP contribution in [0.25, 0.3) is 0 Å². The summed E-state index contributed by atoms with van der Waals surface area (Å²) in [4.78, 5) is 15.4. The number of hydrogen-bond acceptors (Lipinski definition) is 3. The Balaban J connectivity index is 2.81. The number of amides is 1.